The minimum absolute atomic E-state index is 0.0354. The van der Waals surface area contributed by atoms with Crippen LogP contribution in [0.1, 0.15) is 19.8 Å². The first-order chi connectivity index (χ1) is 11.6. The molecule has 0 radical (unpaired) electrons. The number of nitrogens with one attached hydrogen (secondary N) is 1. The van der Waals surface area contributed by atoms with Gasteiger partial charge in [-0.3, -0.25) is 9.59 Å². The van der Waals surface area contributed by atoms with E-state index in [1.54, 1.807) is 0 Å². The third-order valence-corrected chi connectivity index (χ3v) is 5.26. The summed E-state index contributed by atoms with van der Waals surface area (Å²) < 4.78 is 0. The molecule has 24 heavy (non-hydrogen) atoms. The van der Waals surface area contributed by atoms with Gasteiger partial charge in [0.15, 0.2) is 0 Å². The van der Waals surface area contributed by atoms with Crippen molar-refractivity contribution in [2.24, 2.45) is 0 Å². The maximum absolute atomic E-state index is 12.3. The lowest BCUT2D eigenvalue weighted by molar-refractivity contribution is -0.131. The second kappa shape index (κ2) is 9.57. The Morgan fingerprint density at radius 3 is 2.46 bits per heavy atom. The SMILES string of the molecule is CSC(C)C(=O)NCCCC(=O)N1CCN(c2ccccc2)CC1. The molecule has 1 unspecified atom stereocenters. The molecule has 5 nitrogen and oxygen atoms in total. The van der Waals surface area contributed by atoms with Gasteiger partial charge in [-0.2, -0.15) is 11.8 Å². The fourth-order valence-corrected chi connectivity index (χ4v) is 3.01. The molecule has 0 aromatic heterocycles. The molecule has 1 aromatic carbocycles. The zero-order valence-corrected chi connectivity index (χ0v) is 15.3. The highest BCUT2D eigenvalue weighted by Gasteiger charge is 2.20. The molecular formula is C18H27N3O2S. The van der Waals surface area contributed by atoms with Crippen molar-refractivity contribution in [3.8, 4) is 0 Å². The number of benzene rings is 1. The molecule has 1 aliphatic rings. The fraction of sp³-hybridized carbons (Fsp3) is 0.556. The lowest BCUT2D eigenvalue weighted by atomic mass is 10.2. The van der Waals surface area contributed by atoms with E-state index in [9.17, 15) is 9.59 Å². The van der Waals surface area contributed by atoms with Crippen molar-refractivity contribution in [2.45, 2.75) is 25.0 Å². The Morgan fingerprint density at radius 2 is 1.83 bits per heavy atom. The number of para-hydroxylation sites is 1. The first kappa shape index (κ1) is 18.6. The van der Waals surface area contributed by atoms with Crippen LogP contribution in [0.5, 0.6) is 0 Å². The molecule has 1 aromatic rings. The normalized spacial score (nSPS) is 15.9. The van der Waals surface area contributed by atoms with Crippen LogP contribution in [0.3, 0.4) is 0 Å². The Morgan fingerprint density at radius 1 is 1.17 bits per heavy atom. The van der Waals surface area contributed by atoms with Gasteiger partial charge in [0.1, 0.15) is 0 Å². The van der Waals surface area contributed by atoms with Crippen LogP contribution in [0.4, 0.5) is 5.69 Å². The number of anilines is 1. The zero-order chi connectivity index (χ0) is 17.4. The summed E-state index contributed by atoms with van der Waals surface area (Å²) in [5.41, 5.74) is 1.22. The summed E-state index contributed by atoms with van der Waals surface area (Å²) in [4.78, 5) is 28.2. The largest absolute Gasteiger partial charge is 0.368 e. The quantitative estimate of drug-likeness (QED) is 0.765. The van der Waals surface area contributed by atoms with Gasteiger partial charge in [0.2, 0.25) is 11.8 Å². The van der Waals surface area contributed by atoms with Gasteiger partial charge in [-0.15, -0.1) is 0 Å². The van der Waals surface area contributed by atoms with Crippen LogP contribution in [0, 0.1) is 0 Å². The molecule has 0 saturated carbocycles. The number of hydrogen-bond donors (Lipinski definition) is 1. The summed E-state index contributed by atoms with van der Waals surface area (Å²) in [7, 11) is 0. The zero-order valence-electron chi connectivity index (χ0n) is 14.5. The van der Waals surface area contributed by atoms with Crippen molar-refractivity contribution in [3.05, 3.63) is 30.3 Å². The van der Waals surface area contributed by atoms with Gasteiger partial charge < -0.3 is 15.1 Å². The third-order valence-electron chi connectivity index (χ3n) is 4.34. The highest BCUT2D eigenvalue weighted by atomic mass is 32.2. The summed E-state index contributed by atoms with van der Waals surface area (Å²) in [6.07, 6.45) is 3.12. The summed E-state index contributed by atoms with van der Waals surface area (Å²) in [6.45, 7) is 5.74. The topological polar surface area (TPSA) is 52.7 Å². The maximum Gasteiger partial charge on any atom is 0.232 e. The van der Waals surface area contributed by atoms with Crippen molar-refractivity contribution in [3.63, 3.8) is 0 Å². The molecular weight excluding hydrogens is 322 g/mol. The van der Waals surface area contributed by atoms with E-state index >= 15 is 0 Å². The first-order valence-corrected chi connectivity index (χ1v) is 9.79. The minimum Gasteiger partial charge on any atom is -0.368 e. The number of nitrogens with zero attached hydrogens (tertiary/aromatic N) is 2. The van der Waals surface area contributed by atoms with Crippen molar-refractivity contribution < 1.29 is 9.59 Å². The predicted molar refractivity (Wildman–Crippen MR) is 100 cm³/mol. The molecule has 0 bridgehead atoms. The second-order valence-corrected chi connectivity index (χ2v) is 7.15. The maximum atomic E-state index is 12.3. The van der Waals surface area contributed by atoms with Crippen LogP contribution in [0.15, 0.2) is 30.3 Å². The Balaban J connectivity index is 1.65. The number of hydrogen-bond acceptors (Lipinski definition) is 4. The van der Waals surface area contributed by atoms with E-state index in [0.29, 0.717) is 19.4 Å². The van der Waals surface area contributed by atoms with E-state index in [0.717, 1.165) is 26.2 Å². The monoisotopic (exact) mass is 349 g/mol. The van der Waals surface area contributed by atoms with Gasteiger partial charge in [-0.1, -0.05) is 18.2 Å². The number of carbonyl (C=O) groups is 2. The molecule has 1 heterocycles. The Bertz CT molecular complexity index is 530. The van der Waals surface area contributed by atoms with E-state index in [2.05, 4.69) is 22.3 Å². The van der Waals surface area contributed by atoms with E-state index in [1.165, 1.54) is 17.4 Å². The molecule has 2 amide bonds. The third kappa shape index (κ3) is 5.44. The highest BCUT2D eigenvalue weighted by molar-refractivity contribution is 7.99. The van der Waals surface area contributed by atoms with Crippen molar-refractivity contribution in [2.75, 3.05) is 43.9 Å². The van der Waals surface area contributed by atoms with Crippen LogP contribution < -0.4 is 10.2 Å². The van der Waals surface area contributed by atoms with Gasteiger partial charge >= 0.3 is 0 Å². The van der Waals surface area contributed by atoms with Gasteiger partial charge in [0.25, 0.3) is 0 Å². The van der Waals surface area contributed by atoms with Crippen molar-refractivity contribution in [1.82, 2.24) is 10.2 Å². The van der Waals surface area contributed by atoms with Gasteiger partial charge in [0, 0.05) is 44.8 Å². The summed E-state index contributed by atoms with van der Waals surface area (Å²) in [5, 5.41) is 2.85. The number of amides is 2. The number of rotatable bonds is 7. The second-order valence-electron chi connectivity index (χ2n) is 5.98. The lowest BCUT2D eigenvalue weighted by Crippen LogP contribution is -2.48. The van der Waals surface area contributed by atoms with Crippen LogP contribution >= 0.6 is 11.8 Å². The first-order valence-electron chi connectivity index (χ1n) is 8.50. The summed E-state index contributed by atoms with van der Waals surface area (Å²) in [5.74, 6) is 0.237. The molecule has 1 fully saturated rings. The Labute approximate surface area is 148 Å². The molecule has 2 rings (SSSR count). The standard InChI is InChI=1S/C18H27N3O2S/c1-15(24-2)18(23)19-10-6-9-17(22)21-13-11-20(12-14-21)16-7-4-3-5-8-16/h3-5,7-8,15H,6,9-14H2,1-2H3,(H,19,23). The molecule has 1 aliphatic heterocycles. The summed E-state index contributed by atoms with van der Waals surface area (Å²) >= 11 is 1.53. The van der Waals surface area contributed by atoms with Crippen LogP contribution in [-0.4, -0.2) is 60.9 Å². The molecule has 0 spiro atoms. The molecule has 1 atom stereocenters. The van der Waals surface area contributed by atoms with E-state index in [1.807, 2.05) is 36.3 Å². The highest BCUT2D eigenvalue weighted by Crippen LogP contribution is 2.16. The lowest BCUT2D eigenvalue weighted by Gasteiger charge is -2.36. The number of thioether (sulfide) groups is 1. The average molecular weight is 350 g/mol. The molecule has 1 saturated heterocycles. The van der Waals surface area contributed by atoms with Gasteiger partial charge in [-0.05, 0) is 31.7 Å². The minimum atomic E-state index is -0.0354. The molecule has 132 valence electrons. The van der Waals surface area contributed by atoms with E-state index < -0.39 is 0 Å². The molecule has 6 heteroatoms. The summed E-state index contributed by atoms with van der Waals surface area (Å²) in [6, 6.07) is 10.3. The fourth-order valence-electron chi connectivity index (χ4n) is 2.71. The predicted octanol–water partition coefficient (Wildman–Crippen LogP) is 1.98. The number of piperazine rings is 1. The van der Waals surface area contributed by atoms with E-state index in [4.69, 9.17) is 0 Å². The van der Waals surface area contributed by atoms with Gasteiger partial charge in [-0.25, -0.2) is 0 Å². The Hall–Kier alpha value is -1.69. The molecule has 0 aliphatic carbocycles. The molecule has 1 N–H and O–H groups in total. The van der Waals surface area contributed by atoms with Crippen molar-refractivity contribution in [1.29, 1.82) is 0 Å². The van der Waals surface area contributed by atoms with Gasteiger partial charge in [0.05, 0.1) is 5.25 Å². The van der Waals surface area contributed by atoms with Crippen LogP contribution in [0.25, 0.3) is 0 Å². The van der Waals surface area contributed by atoms with Crippen LogP contribution in [0.2, 0.25) is 0 Å². The smallest absolute Gasteiger partial charge is 0.232 e. The van der Waals surface area contributed by atoms with Crippen molar-refractivity contribution >= 4 is 29.3 Å². The van der Waals surface area contributed by atoms with Crippen LogP contribution in [-0.2, 0) is 9.59 Å². The number of carbonyl (C=O) groups excluding carboxylic acids is 2. The Kier molecular flexibility index (Phi) is 7.43. The average Bonchev–Trinajstić information content (AvgIpc) is 2.65. The van der Waals surface area contributed by atoms with E-state index in [-0.39, 0.29) is 17.1 Å².